The van der Waals surface area contributed by atoms with Gasteiger partial charge in [-0.15, -0.1) is 0 Å². The summed E-state index contributed by atoms with van der Waals surface area (Å²) in [5, 5.41) is 7.21. The molecule has 2 aromatic carbocycles. The van der Waals surface area contributed by atoms with Gasteiger partial charge >= 0.3 is 0 Å². The number of rotatable bonds is 6. The van der Waals surface area contributed by atoms with Crippen LogP contribution in [0, 0.1) is 0 Å². The second kappa shape index (κ2) is 9.20. The monoisotopic (exact) mass is 407 g/mol. The molecular formula is C17H15BrClN3O2. The summed E-state index contributed by atoms with van der Waals surface area (Å²) in [6.07, 6.45) is 1.63. The first-order chi connectivity index (χ1) is 11.5. The number of anilines is 1. The Bertz CT molecular complexity index is 748. The number of hydrazone groups is 1. The van der Waals surface area contributed by atoms with Gasteiger partial charge in [0.05, 0.1) is 11.9 Å². The molecule has 0 bridgehead atoms. The smallest absolute Gasteiger partial charge is 0.240 e. The minimum atomic E-state index is -0.331. The highest BCUT2D eigenvalue weighted by Crippen LogP contribution is 2.21. The van der Waals surface area contributed by atoms with Crippen molar-refractivity contribution in [3.8, 4) is 0 Å². The highest BCUT2D eigenvalue weighted by molar-refractivity contribution is 9.10. The van der Waals surface area contributed by atoms with Crippen molar-refractivity contribution in [1.29, 1.82) is 0 Å². The number of carbonyl (C=O) groups is 2. The minimum absolute atomic E-state index is 0.0498. The van der Waals surface area contributed by atoms with Crippen molar-refractivity contribution >= 4 is 51.2 Å². The van der Waals surface area contributed by atoms with Crippen LogP contribution in [0.3, 0.4) is 0 Å². The van der Waals surface area contributed by atoms with Crippen molar-refractivity contribution in [1.82, 2.24) is 5.43 Å². The molecule has 0 aromatic heterocycles. The second-order valence-corrected chi connectivity index (χ2v) is 6.16. The Morgan fingerprint density at radius 2 is 1.71 bits per heavy atom. The normalized spacial score (nSPS) is 10.6. The van der Waals surface area contributed by atoms with Crippen molar-refractivity contribution in [3.63, 3.8) is 0 Å². The molecule has 0 fully saturated rings. The minimum Gasteiger partial charge on any atom is -0.325 e. The van der Waals surface area contributed by atoms with Crippen LogP contribution in [0.2, 0.25) is 5.02 Å². The Hall–Kier alpha value is -2.18. The molecule has 0 atom stereocenters. The van der Waals surface area contributed by atoms with Gasteiger partial charge in [0.25, 0.3) is 0 Å². The van der Waals surface area contributed by atoms with Crippen molar-refractivity contribution < 1.29 is 9.59 Å². The maximum atomic E-state index is 11.8. The summed E-state index contributed by atoms with van der Waals surface area (Å²) in [5.41, 5.74) is 3.87. The Labute approximate surface area is 153 Å². The number of hydrogen-bond donors (Lipinski definition) is 2. The Morgan fingerprint density at radius 3 is 2.42 bits per heavy atom. The summed E-state index contributed by atoms with van der Waals surface area (Å²) in [6.45, 7) is 0. The standard InChI is InChI=1S/C17H15BrClN3O2/c18-14-3-1-2-4-15(14)21-16(23)9-10-17(24)22-20-11-12-5-7-13(19)8-6-12/h1-8,11H,9-10H2,(H,21,23)(H,22,24). The summed E-state index contributed by atoms with van der Waals surface area (Å²) >= 11 is 9.12. The van der Waals surface area contributed by atoms with Crippen molar-refractivity contribution in [3.05, 3.63) is 63.6 Å². The molecule has 0 saturated heterocycles. The van der Waals surface area contributed by atoms with Crippen molar-refractivity contribution in [2.24, 2.45) is 5.10 Å². The van der Waals surface area contributed by atoms with Gasteiger partial charge in [-0.3, -0.25) is 9.59 Å². The van der Waals surface area contributed by atoms with Gasteiger partial charge in [0, 0.05) is 22.3 Å². The fourth-order valence-electron chi connectivity index (χ4n) is 1.79. The van der Waals surface area contributed by atoms with E-state index in [0.717, 1.165) is 10.0 Å². The largest absolute Gasteiger partial charge is 0.325 e. The van der Waals surface area contributed by atoms with Gasteiger partial charge in [0.15, 0.2) is 0 Å². The predicted molar refractivity (Wildman–Crippen MR) is 99.2 cm³/mol. The van der Waals surface area contributed by atoms with Gasteiger partial charge in [0.2, 0.25) is 11.8 Å². The molecule has 2 N–H and O–H groups in total. The quantitative estimate of drug-likeness (QED) is 0.561. The first-order valence-corrected chi connectivity index (χ1v) is 8.33. The van der Waals surface area contributed by atoms with Gasteiger partial charge in [-0.1, -0.05) is 35.9 Å². The lowest BCUT2D eigenvalue weighted by molar-refractivity contribution is -0.124. The number of nitrogens with one attached hydrogen (secondary N) is 2. The fourth-order valence-corrected chi connectivity index (χ4v) is 2.30. The molecule has 124 valence electrons. The van der Waals surface area contributed by atoms with Gasteiger partial charge in [-0.05, 0) is 45.8 Å². The zero-order valence-corrected chi connectivity index (χ0v) is 15.0. The van der Waals surface area contributed by atoms with Crippen LogP contribution < -0.4 is 10.7 Å². The van der Waals surface area contributed by atoms with E-state index in [1.807, 2.05) is 18.2 Å². The molecule has 0 saturated carbocycles. The van der Waals surface area contributed by atoms with Gasteiger partial charge in [0.1, 0.15) is 0 Å². The lowest BCUT2D eigenvalue weighted by atomic mass is 10.2. The molecule has 0 unspecified atom stereocenters. The van der Waals surface area contributed by atoms with Crippen molar-refractivity contribution in [2.45, 2.75) is 12.8 Å². The zero-order valence-electron chi connectivity index (χ0n) is 12.6. The van der Waals surface area contributed by atoms with Gasteiger partial charge in [-0.2, -0.15) is 5.10 Å². The number of benzene rings is 2. The number of carbonyl (C=O) groups excluding carboxylic acids is 2. The lowest BCUT2D eigenvalue weighted by Gasteiger charge is -2.06. The second-order valence-electron chi connectivity index (χ2n) is 4.87. The van der Waals surface area contributed by atoms with Crippen LogP contribution >= 0.6 is 27.5 Å². The Balaban J connectivity index is 1.73. The number of halogens is 2. The molecule has 5 nitrogen and oxygen atoms in total. The van der Waals surface area contributed by atoms with E-state index in [0.29, 0.717) is 10.7 Å². The third-order valence-electron chi connectivity index (χ3n) is 3.00. The molecule has 2 amide bonds. The van der Waals surface area contributed by atoms with Crippen LogP contribution in [0.1, 0.15) is 18.4 Å². The van der Waals surface area contributed by atoms with E-state index < -0.39 is 0 Å². The zero-order chi connectivity index (χ0) is 17.4. The highest BCUT2D eigenvalue weighted by atomic mass is 79.9. The van der Waals surface area contributed by atoms with E-state index in [1.165, 1.54) is 6.21 Å². The third kappa shape index (κ3) is 6.14. The molecule has 0 spiro atoms. The molecule has 0 heterocycles. The molecular weight excluding hydrogens is 394 g/mol. The van der Waals surface area contributed by atoms with E-state index >= 15 is 0 Å². The van der Waals surface area contributed by atoms with E-state index in [2.05, 4.69) is 31.8 Å². The molecule has 2 aromatic rings. The molecule has 0 aliphatic heterocycles. The number of amides is 2. The van der Waals surface area contributed by atoms with E-state index in [-0.39, 0.29) is 24.7 Å². The van der Waals surface area contributed by atoms with Crippen LogP contribution in [-0.2, 0) is 9.59 Å². The maximum absolute atomic E-state index is 11.8. The number of hydrogen-bond acceptors (Lipinski definition) is 3. The average molecular weight is 409 g/mol. The topological polar surface area (TPSA) is 70.6 Å². The summed E-state index contributed by atoms with van der Waals surface area (Å²) in [7, 11) is 0. The Morgan fingerprint density at radius 1 is 1.04 bits per heavy atom. The van der Waals surface area contributed by atoms with Gasteiger partial charge < -0.3 is 5.32 Å². The molecule has 7 heteroatoms. The van der Waals surface area contributed by atoms with E-state index in [1.54, 1.807) is 30.3 Å². The fraction of sp³-hybridized carbons (Fsp3) is 0.118. The number of nitrogens with zero attached hydrogens (tertiary/aromatic N) is 1. The van der Waals surface area contributed by atoms with E-state index in [4.69, 9.17) is 11.6 Å². The van der Waals surface area contributed by atoms with Crippen LogP contribution in [0.25, 0.3) is 0 Å². The predicted octanol–water partition coefficient (Wildman–Crippen LogP) is 3.97. The average Bonchev–Trinajstić information content (AvgIpc) is 2.57. The molecule has 0 aliphatic carbocycles. The SMILES string of the molecule is O=C(CCC(=O)Nc1ccccc1Br)NN=Cc1ccc(Cl)cc1. The highest BCUT2D eigenvalue weighted by Gasteiger charge is 2.08. The lowest BCUT2D eigenvalue weighted by Crippen LogP contribution is -2.20. The van der Waals surface area contributed by atoms with Gasteiger partial charge in [-0.25, -0.2) is 5.43 Å². The van der Waals surface area contributed by atoms with Crippen LogP contribution in [-0.4, -0.2) is 18.0 Å². The maximum Gasteiger partial charge on any atom is 0.240 e. The molecule has 0 aliphatic rings. The third-order valence-corrected chi connectivity index (χ3v) is 3.94. The van der Waals surface area contributed by atoms with Crippen LogP contribution in [0.5, 0.6) is 0 Å². The first-order valence-electron chi connectivity index (χ1n) is 7.16. The molecule has 2 rings (SSSR count). The summed E-state index contributed by atoms with van der Waals surface area (Å²) in [5.74, 6) is -0.568. The summed E-state index contributed by atoms with van der Waals surface area (Å²) in [4.78, 5) is 23.5. The van der Waals surface area contributed by atoms with E-state index in [9.17, 15) is 9.59 Å². The summed E-state index contributed by atoms with van der Waals surface area (Å²) < 4.78 is 0.787. The van der Waals surface area contributed by atoms with Crippen LogP contribution in [0.15, 0.2) is 58.1 Å². The van der Waals surface area contributed by atoms with Crippen LogP contribution in [0.4, 0.5) is 5.69 Å². The first kappa shape index (κ1) is 18.2. The molecule has 0 radical (unpaired) electrons. The van der Waals surface area contributed by atoms with Crippen molar-refractivity contribution in [2.75, 3.05) is 5.32 Å². The molecule has 24 heavy (non-hydrogen) atoms. The summed E-state index contributed by atoms with van der Waals surface area (Å²) in [6, 6.07) is 14.3. The Kier molecular flexibility index (Phi) is 6.96. The number of para-hydroxylation sites is 1.